The molecule has 5 heteroatoms. The van der Waals surface area contributed by atoms with Gasteiger partial charge in [-0.05, 0) is 60.8 Å². The number of nitrogens with one attached hydrogen (secondary N) is 1. The molecule has 1 fully saturated rings. The zero-order chi connectivity index (χ0) is 19.5. The summed E-state index contributed by atoms with van der Waals surface area (Å²) in [6, 6.07) is 13.2. The topological polar surface area (TPSA) is 66.0 Å². The van der Waals surface area contributed by atoms with Crippen LogP contribution in [0.25, 0.3) is 17.2 Å². The highest BCUT2D eigenvalue weighted by atomic mass is 15.2. The Hall–Kier alpha value is -2.92. The summed E-state index contributed by atoms with van der Waals surface area (Å²) in [5.41, 5.74) is 12.2. The molecular formula is C23H27N5. The minimum Gasteiger partial charge on any atom is -0.387 e. The van der Waals surface area contributed by atoms with E-state index in [1.54, 1.807) is 0 Å². The zero-order valence-corrected chi connectivity index (χ0v) is 16.4. The molecule has 5 nitrogen and oxygen atoms in total. The molecular weight excluding hydrogens is 346 g/mol. The quantitative estimate of drug-likeness (QED) is 0.617. The second kappa shape index (κ2) is 7.98. The lowest BCUT2D eigenvalue weighted by molar-refractivity contribution is 0.295. The van der Waals surface area contributed by atoms with Gasteiger partial charge < -0.3 is 16.0 Å². The Morgan fingerprint density at radius 3 is 2.71 bits per heavy atom. The molecule has 0 saturated carbocycles. The molecule has 2 aliphatic rings. The van der Waals surface area contributed by atoms with Gasteiger partial charge in [0, 0.05) is 25.1 Å². The van der Waals surface area contributed by atoms with Crippen molar-refractivity contribution in [1.29, 1.82) is 0 Å². The highest BCUT2D eigenvalue weighted by Crippen LogP contribution is 2.33. The number of nitrogens with zero attached hydrogens (tertiary/aromatic N) is 3. The molecule has 2 aromatic carbocycles. The Morgan fingerprint density at radius 1 is 1.18 bits per heavy atom. The third kappa shape index (κ3) is 3.85. The minimum absolute atomic E-state index is 0.552. The highest BCUT2D eigenvalue weighted by molar-refractivity contribution is 5.92. The lowest BCUT2D eigenvalue weighted by atomic mass is 9.99. The van der Waals surface area contributed by atoms with Gasteiger partial charge in [0.15, 0.2) is 0 Å². The van der Waals surface area contributed by atoms with Crippen molar-refractivity contribution < 1.29 is 0 Å². The summed E-state index contributed by atoms with van der Waals surface area (Å²) in [6.45, 7) is 6.13. The zero-order valence-electron chi connectivity index (χ0n) is 16.4. The number of rotatable bonds is 5. The van der Waals surface area contributed by atoms with Crippen LogP contribution >= 0.6 is 0 Å². The van der Waals surface area contributed by atoms with Gasteiger partial charge in [0.1, 0.15) is 5.84 Å². The van der Waals surface area contributed by atoms with Crippen LogP contribution in [-0.2, 0) is 6.42 Å². The third-order valence-electron chi connectivity index (χ3n) is 5.57. The summed E-state index contributed by atoms with van der Waals surface area (Å²) in [4.78, 5) is 11.4. The van der Waals surface area contributed by atoms with Crippen LogP contribution in [0.1, 0.15) is 24.0 Å². The molecule has 0 atom stereocenters. The molecule has 0 unspecified atom stereocenters. The number of hydrogen-bond acceptors (Lipinski definition) is 4. The molecule has 0 amide bonds. The number of piperidine rings is 1. The molecule has 0 aromatic heterocycles. The van der Waals surface area contributed by atoms with Crippen molar-refractivity contribution >= 4 is 29.6 Å². The molecule has 4 rings (SSSR count). The van der Waals surface area contributed by atoms with E-state index in [4.69, 9.17) is 10.7 Å². The number of aliphatic imine (C=N–C) groups is 2. The molecule has 2 aliphatic heterocycles. The van der Waals surface area contributed by atoms with Gasteiger partial charge in [-0.15, -0.1) is 0 Å². The van der Waals surface area contributed by atoms with Crippen LogP contribution < -0.4 is 11.1 Å². The number of nitrogens with two attached hydrogens (primary N) is 1. The number of benzene rings is 2. The van der Waals surface area contributed by atoms with Crippen molar-refractivity contribution in [2.24, 2.45) is 15.7 Å². The largest absolute Gasteiger partial charge is 0.387 e. The van der Waals surface area contributed by atoms with E-state index in [-0.39, 0.29) is 0 Å². The van der Waals surface area contributed by atoms with Gasteiger partial charge in [-0.3, -0.25) is 0 Å². The van der Waals surface area contributed by atoms with E-state index < -0.39 is 0 Å². The maximum absolute atomic E-state index is 5.86. The predicted molar refractivity (Wildman–Crippen MR) is 119 cm³/mol. The van der Waals surface area contributed by atoms with Gasteiger partial charge >= 0.3 is 0 Å². The van der Waals surface area contributed by atoms with Gasteiger partial charge in [-0.2, -0.15) is 0 Å². The smallest absolute Gasteiger partial charge is 0.104 e. The Morgan fingerprint density at radius 2 is 1.93 bits per heavy atom. The van der Waals surface area contributed by atoms with E-state index in [9.17, 15) is 0 Å². The average molecular weight is 374 g/mol. The first-order valence-corrected chi connectivity index (χ1v) is 9.84. The van der Waals surface area contributed by atoms with Gasteiger partial charge in [0.25, 0.3) is 0 Å². The Kier molecular flexibility index (Phi) is 5.26. The number of amidine groups is 1. The van der Waals surface area contributed by atoms with Crippen molar-refractivity contribution in [2.75, 3.05) is 20.1 Å². The van der Waals surface area contributed by atoms with Gasteiger partial charge in [0.2, 0.25) is 0 Å². The summed E-state index contributed by atoms with van der Waals surface area (Å²) >= 11 is 0. The SMILES string of the molecule is C=Cc1cc(-c2ccc3c(c2)N=C(N)C3)ccc1N=CN(C)C1CCNCC1. The number of hydrogen-bond donors (Lipinski definition) is 2. The first kappa shape index (κ1) is 18.4. The fourth-order valence-electron chi connectivity index (χ4n) is 3.86. The van der Waals surface area contributed by atoms with E-state index in [0.717, 1.165) is 60.4 Å². The van der Waals surface area contributed by atoms with E-state index in [1.165, 1.54) is 5.56 Å². The van der Waals surface area contributed by atoms with Crippen LogP contribution in [0.3, 0.4) is 0 Å². The summed E-state index contributed by atoms with van der Waals surface area (Å²) < 4.78 is 0. The van der Waals surface area contributed by atoms with Crippen LogP contribution in [0.2, 0.25) is 0 Å². The Balaban J connectivity index is 1.56. The second-order valence-corrected chi connectivity index (χ2v) is 7.49. The highest BCUT2D eigenvalue weighted by Gasteiger charge is 2.16. The molecule has 3 N–H and O–H groups in total. The molecule has 0 radical (unpaired) electrons. The van der Waals surface area contributed by atoms with E-state index in [0.29, 0.717) is 11.9 Å². The van der Waals surface area contributed by atoms with Crippen LogP contribution in [0.5, 0.6) is 0 Å². The predicted octanol–water partition coefficient (Wildman–Crippen LogP) is 3.89. The third-order valence-corrected chi connectivity index (χ3v) is 5.57. The summed E-state index contributed by atoms with van der Waals surface area (Å²) in [7, 11) is 2.11. The fourth-order valence-corrected chi connectivity index (χ4v) is 3.86. The average Bonchev–Trinajstić information content (AvgIpc) is 3.11. The summed E-state index contributed by atoms with van der Waals surface area (Å²) in [5.74, 6) is 0.682. The first-order chi connectivity index (χ1) is 13.6. The fraction of sp³-hybridized carbons (Fsp3) is 0.304. The summed E-state index contributed by atoms with van der Waals surface area (Å²) in [6.07, 6.45) is 6.86. The van der Waals surface area contributed by atoms with Gasteiger partial charge in [-0.25, -0.2) is 9.98 Å². The lowest BCUT2D eigenvalue weighted by Gasteiger charge is -2.30. The van der Waals surface area contributed by atoms with E-state index >= 15 is 0 Å². The normalized spacial score (nSPS) is 16.8. The standard InChI is InChI=1S/C23H27N5/c1-3-16-12-17(18-4-5-19-14-23(24)27-22(19)13-18)6-7-21(16)26-15-28(2)20-8-10-25-11-9-20/h3-7,12-13,15,20,25H,1,8-11,14H2,2H3,(H2,24,27). The second-order valence-electron chi connectivity index (χ2n) is 7.49. The van der Waals surface area contributed by atoms with Gasteiger partial charge in [0.05, 0.1) is 17.7 Å². The van der Waals surface area contributed by atoms with Crippen molar-refractivity contribution in [3.8, 4) is 11.1 Å². The molecule has 1 saturated heterocycles. The molecule has 0 spiro atoms. The van der Waals surface area contributed by atoms with Gasteiger partial charge in [-0.1, -0.05) is 30.9 Å². The van der Waals surface area contributed by atoms with Crippen LogP contribution in [-0.4, -0.2) is 43.3 Å². The number of fused-ring (bicyclic) bond motifs is 1. The molecule has 0 bridgehead atoms. The molecule has 2 aromatic rings. The van der Waals surface area contributed by atoms with Crippen LogP contribution in [0, 0.1) is 0 Å². The van der Waals surface area contributed by atoms with E-state index in [1.807, 2.05) is 12.4 Å². The minimum atomic E-state index is 0.552. The van der Waals surface area contributed by atoms with Crippen molar-refractivity contribution in [3.05, 3.63) is 54.1 Å². The Bertz CT molecular complexity index is 938. The van der Waals surface area contributed by atoms with E-state index in [2.05, 4.69) is 65.2 Å². The molecule has 28 heavy (non-hydrogen) atoms. The monoisotopic (exact) mass is 373 g/mol. The molecule has 2 heterocycles. The summed E-state index contributed by atoms with van der Waals surface area (Å²) in [5, 5.41) is 3.40. The maximum Gasteiger partial charge on any atom is 0.104 e. The van der Waals surface area contributed by atoms with Crippen LogP contribution in [0.4, 0.5) is 11.4 Å². The van der Waals surface area contributed by atoms with Crippen molar-refractivity contribution in [3.63, 3.8) is 0 Å². The first-order valence-electron chi connectivity index (χ1n) is 9.84. The van der Waals surface area contributed by atoms with Crippen LogP contribution in [0.15, 0.2) is 53.0 Å². The van der Waals surface area contributed by atoms with Crippen molar-refractivity contribution in [1.82, 2.24) is 10.2 Å². The molecule has 0 aliphatic carbocycles. The maximum atomic E-state index is 5.86. The Labute approximate surface area is 166 Å². The lowest BCUT2D eigenvalue weighted by Crippen LogP contribution is -2.40. The molecule has 144 valence electrons. The van der Waals surface area contributed by atoms with Crippen molar-refractivity contribution in [2.45, 2.75) is 25.3 Å².